The van der Waals surface area contributed by atoms with Gasteiger partial charge in [-0.3, -0.25) is 20.0 Å². The summed E-state index contributed by atoms with van der Waals surface area (Å²) in [6.07, 6.45) is 1.74. The molecule has 0 radical (unpaired) electrons. The fraction of sp³-hybridized carbons (Fsp3) is 0.222. The molecular weight excluding hydrogens is 494 g/mol. The zero-order valence-electron chi connectivity index (χ0n) is 20.5. The Balaban J connectivity index is 1.97. The van der Waals surface area contributed by atoms with E-state index in [9.17, 15) is 9.59 Å². The second kappa shape index (κ2) is 11.5. The van der Waals surface area contributed by atoms with E-state index in [1.165, 1.54) is 4.90 Å². The number of nitrogens with zero attached hydrogens (tertiary/aromatic N) is 2. The standard InChI is InChI=1S/C27H28ClN5O2S/c1-27(2,25(35)32-26(30)36-16-29)23(17-8-6-5-7-9-17)19-11-13-22(31-15-19)18-10-12-20(21(28)14-18)24(34)33(3)4/h5-16,23,29H,1-4H3,(H2,30,32,35). The van der Waals surface area contributed by atoms with Gasteiger partial charge >= 0.3 is 0 Å². The number of amidine groups is 1. The van der Waals surface area contributed by atoms with Crippen molar-refractivity contribution in [2.24, 2.45) is 5.41 Å². The van der Waals surface area contributed by atoms with Crippen LogP contribution in [-0.4, -0.2) is 46.5 Å². The van der Waals surface area contributed by atoms with Crippen molar-refractivity contribution >= 4 is 45.9 Å². The Morgan fingerprint density at radius 2 is 1.78 bits per heavy atom. The lowest BCUT2D eigenvalue weighted by Gasteiger charge is -2.33. The van der Waals surface area contributed by atoms with Crippen LogP contribution in [-0.2, 0) is 4.79 Å². The number of amides is 2. The number of halogens is 1. The van der Waals surface area contributed by atoms with Crippen LogP contribution in [0, 0.1) is 16.2 Å². The van der Waals surface area contributed by atoms with Crippen LogP contribution in [0.1, 0.15) is 41.3 Å². The summed E-state index contributed by atoms with van der Waals surface area (Å²) in [5, 5.41) is 17.9. The number of carbonyl (C=O) groups is 2. The molecule has 186 valence electrons. The van der Waals surface area contributed by atoms with E-state index >= 15 is 0 Å². The lowest BCUT2D eigenvalue weighted by atomic mass is 9.71. The normalized spacial score (nSPS) is 11.9. The Bertz CT molecular complexity index is 1280. The number of benzene rings is 2. The van der Waals surface area contributed by atoms with Gasteiger partial charge in [-0.05, 0) is 41.1 Å². The van der Waals surface area contributed by atoms with Gasteiger partial charge in [-0.15, -0.1) is 0 Å². The maximum absolute atomic E-state index is 13.2. The van der Waals surface area contributed by atoms with Crippen LogP contribution in [0.4, 0.5) is 0 Å². The fourth-order valence-corrected chi connectivity index (χ4v) is 4.52. The molecule has 0 saturated carbocycles. The van der Waals surface area contributed by atoms with Crippen LogP contribution >= 0.6 is 23.4 Å². The molecule has 1 aromatic heterocycles. The fourth-order valence-electron chi connectivity index (χ4n) is 3.99. The van der Waals surface area contributed by atoms with Gasteiger partial charge in [-0.1, -0.05) is 67.9 Å². The van der Waals surface area contributed by atoms with Crippen LogP contribution in [0.2, 0.25) is 5.02 Å². The molecule has 0 fully saturated rings. The summed E-state index contributed by atoms with van der Waals surface area (Å²) in [4.78, 5) is 31.6. The van der Waals surface area contributed by atoms with Crippen molar-refractivity contribution in [3.05, 3.63) is 88.6 Å². The number of carbonyl (C=O) groups excluding carboxylic acids is 2. The minimum absolute atomic E-state index is 0.101. The Labute approximate surface area is 220 Å². The van der Waals surface area contributed by atoms with Crippen molar-refractivity contribution in [2.75, 3.05) is 14.1 Å². The van der Waals surface area contributed by atoms with E-state index in [2.05, 4.69) is 10.3 Å². The second-order valence-electron chi connectivity index (χ2n) is 8.96. The minimum atomic E-state index is -0.934. The number of hydrogen-bond acceptors (Lipinski definition) is 6. The third kappa shape index (κ3) is 6.01. The maximum atomic E-state index is 13.2. The molecule has 0 bridgehead atoms. The highest BCUT2D eigenvalue weighted by Gasteiger charge is 2.39. The van der Waals surface area contributed by atoms with Crippen molar-refractivity contribution < 1.29 is 9.59 Å². The lowest BCUT2D eigenvalue weighted by molar-refractivity contribution is -0.128. The molecule has 0 aliphatic carbocycles. The molecule has 9 heteroatoms. The Kier molecular flexibility index (Phi) is 8.66. The molecule has 1 heterocycles. The third-order valence-electron chi connectivity index (χ3n) is 5.86. The van der Waals surface area contributed by atoms with Gasteiger partial charge in [-0.2, -0.15) is 0 Å². The van der Waals surface area contributed by atoms with Crippen molar-refractivity contribution in [2.45, 2.75) is 19.8 Å². The topological polar surface area (TPSA) is 110 Å². The molecule has 3 N–H and O–H groups in total. The van der Waals surface area contributed by atoms with Crippen LogP contribution in [0.5, 0.6) is 0 Å². The molecule has 7 nitrogen and oxygen atoms in total. The van der Waals surface area contributed by atoms with E-state index in [1.54, 1.807) is 32.4 Å². The third-order valence-corrected chi connectivity index (χ3v) is 6.63. The smallest absolute Gasteiger partial charge is 0.254 e. The lowest BCUT2D eigenvalue weighted by Crippen LogP contribution is -2.43. The molecule has 3 aromatic rings. The average Bonchev–Trinajstić information content (AvgIpc) is 2.84. The number of pyridine rings is 1. The minimum Gasteiger partial charge on any atom is -0.345 e. The SMILES string of the molecule is CN(C)C(=O)c1ccc(-c2ccc(C(c3ccccc3)C(C)(C)C(=O)NC(=N)SC=N)cn2)cc1Cl. The largest absolute Gasteiger partial charge is 0.345 e. The molecule has 1 atom stereocenters. The first-order chi connectivity index (χ1) is 17.1. The Morgan fingerprint density at radius 1 is 1.08 bits per heavy atom. The van der Waals surface area contributed by atoms with Gasteiger partial charge < -0.3 is 15.6 Å². The Morgan fingerprint density at radius 3 is 2.33 bits per heavy atom. The van der Waals surface area contributed by atoms with Crippen molar-refractivity contribution in [3.8, 4) is 11.3 Å². The van der Waals surface area contributed by atoms with Crippen LogP contribution in [0.15, 0.2) is 66.9 Å². The van der Waals surface area contributed by atoms with Crippen molar-refractivity contribution in [1.29, 1.82) is 10.8 Å². The first-order valence-corrected chi connectivity index (χ1v) is 12.4. The highest BCUT2D eigenvalue weighted by Crippen LogP contribution is 2.41. The predicted molar refractivity (Wildman–Crippen MR) is 147 cm³/mol. The highest BCUT2D eigenvalue weighted by molar-refractivity contribution is 8.24. The summed E-state index contributed by atoms with van der Waals surface area (Å²) < 4.78 is 0. The van der Waals surface area contributed by atoms with E-state index in [0.717, 1.165) is 34.0 Å². The summed E-state index contributed by atoms with van der Waals surface area (Å²) >= 11 is 7.22. The number of hydrogen-bond donors (Lipinski definition) is 3. The van der Waals surface area contributed by atoms with E-state index < -0.39 is 5.41 Å². The summed E-state index contributed by atoms with van der Waals surface area (Å²) in [5.74, 6) is -0.845. The summed E-state index contributed by atoms with van der Waals surface area (Å²) in [6, 6.07) is 18.7. The molecule has 2 aromatic carbocycles. The first-order valence-electron chi connectivity index (χ1n) is 11.1. The van der Waals surface area contributed by atoms with Gasteiger partial charge in [0.1, 0.15) is 0 Å². The molecule has 3 rings (SSSR count). The molecule has 0 aliphatic rings. The van der Waals surface area contributed by atoms with Gasteiger partial charge in [0.2, 0.25) is 5.91 Å². The van der Waals surface area contributed by atoms with Crippen LogP contribution in [0.3, 0.4) is 0 Å². The molecule has 1 unspecified atom stereocenters. The maximum Gasteiger partial charge on any atom is 0.254 e. The van der Waals surface area contributed by atoms with Gasteiger partial charge in [0.15, 0.2) is 5.17 Å². The summed E-state index contributed by atoms with van der Waals surface area (Å²) in [7, 11) is 3.35. The average molecular weight is 522 g/mol. The molecular formula is C27H28ClN5O2S. The van der Waals surface area contributed by atoms with Gasteiger partial charge in [0, 0.05) is 31.8 Å². The van der Waals surface area contributed by atoms with E-state index in [-0.39, 0.29) is 22.9 Å². The number of thioether (sulfide) groups is 1. The first kappa shape index (κ1) is 27.1. The highest BCUT2D eigenvalue weighted by atomic mass is 35.5. The van der Waals surface area contributed by atoms with E-state index in [4.69, 9.17) is 22.4 Å². The molecule has 0 spiro atoms. The zero-order valence-corrected chi connectivity index (χ0v) is 22.1. The summed E-state index contributed by atoms with van der Waals surface area (Å²) in [6.45, 7) is 3.66. The van der Waals surface area contributed by atoms with Crippen LogP contribution in [0.25, 0.3) is 11.3 Å². The van der Waals surface area contributed by atoms with Gasteiger partial charge in [0.25, 0.3) is 5.91 Å². The quantitative estimate of drug-likeness (QED) is 0.275. The van der Waals surface area contributed by atoms with Crippen molar-refractivity contribution in [1.82, 2.24) is 15.2 Å². The number of aromatic nitrogens is 1. The van der Waals surface area contributed by atoms with Crippen LogP contribution < -0.4 is 5.32 Å². The number of rotatable bonds is 7. The number of nitrogens with one attached hydrogen (secondary N) is 3. The van der Waals surface area contributed by atoms with Gasteiger partial charge in [-0.25, -0.2) is 0 Å². The Hall–Kier alpha value is -3.49. The molecule has 2 amide bonds. The van der Waals surface area contributed by atoms with Gasteiger partial charge in [0.05, 0.1) is 27.2 Å². The molecule has 36 heavy (non-hydrogen) atoms. The zero-order chi connectivity index (χ0) is 26.5. The van der Waals surface area contributed by atoms with Crippen molar-refractivity contribution in [3.63, 3.8) is 0 Å². The molecule has 0 aliphatic heterocycles. The van der Waals surface area contributed by atoms with E-state index in [0.29, 0.717) is 16.3 Å². The predicted octanol–water partition coefficient (Wildman–Crippen LogP) is 5.65. The summed E-state index contributed by atoms with van der Waals surface area (Å²) in [5.41, 5.74) is 3.72. The molecule has 0 saturated heterocycles. The van der Waals surface area contributed by atoms with E-state index in [1.807, 2.05) is 62.4 Å². The monoisotopic (exact) mass is 521 g/mol. The second-order valence-corrected chi connectivity index (χ2v) is 10.2.